The predicted molar refractivity (Wildman–Crippen MR) is 75.6 cm³/mol. The lowest BCUT2D eigenvalue weighted by Crippen LogP contribution is -2.12. The van der Waals surface area contributed by atoms with Crippen LogP contribution in [-0.4, -0.2) is 15.9 Å². The number of aromatic nitrogens is 2. The Morgan fingerprint density at radius 3 is 2.58 bits per heavy atom. The maximum atomic E-state index is 12.0. The van der Waals surface area contributed by atoms with E-state index in [1.165, 1.54) is 0 Å². The van der Waals surface area contributed by atoms with Crippen LogP contribution in [0.15, 0.2) is 30.6 Å². The number of amides is 1. The van der Waals surface area contributed by atoms with Gasteiger partial charge in [0, 0.05) is 17.0 Å². The van der Waals surface area contributed by atoms with Gasteiger partial charge < -0.3 is 5.32 Å². The molecule has 0 aliphatic carbocycles. The van der Waals surface area contributed by atoms with E-state index in [9.17, 15) is 4.79 Å². The van der Waals surface area contributed by atoms with Crippen molar-refractivity contribution in [3.8, 4) is 0 Å². The maximum absolute atomic E-state index is 12.0. The number of nitrogens with one attached hydrogen (secondary N) is 1. The summed E-state index contributed by atoms with van der Waals surface area (Å²) in [5, 5.41) is 3.31. The van der Waals surface area contributed by atoms with Crippen molar-refractivity contribution in [2.24, 2.45) is 0 Å². The van der Waals surface area contributed by atoms with Gasteiger partial charge in [0.25, 0.3) is 5.91 Å². The lowest BCUT2D eigenvalue weighted by atomic mass is 10.1. The molecule has 0 spiro atoms. The Balaban J connectivity index is 2.13. The van der Waals surface area contributed by atoms with Gasteiger partial charge in [-0.05, 0) is 24.6 Å². The second-order valence-electron chi connectivity index (χ2n) is 4.16. The van der Waals surface area contributed by atoms with E-state index in [4.69, 9.17) is 11.6 Å². The van der Waals surface area contributed by atoms with Gasteiger partial charge >= 0.3 is 0 Å². The molecule has 0 aliphatic rings. The van der Waals surface area contributed by atoms with Gasteiger partial charge in [0.2, 0.25) is 0 Å². The van der Waals surface area contributed by atoms with Crippen LogP contribution < -0.4 is 5.32 Å². The van der Waals surface area contributed by atoms with E-state index in [1.54, 1.807) is 24.5 Å². The smallest absolute Gasteiger partial charge is 0.255 e. The molecule has 1 N–H and O–H groups in total. The van der Waals surface area contributed by atoms with E-state index in [2.05, 4.69) is 15.3 Å². The number of carbonyl (C=O) groups excluding carboxylic acids is 1. The maximum Gasteiger partial charge on any atom is 0.255 e. The second-order valence-corrected chi connectivity index (χ2v) is 4.57. The molecule has 5 heteroatoms. The molecule has 2 rings (SSSR count). The monoisotopic (exact) mass is 275 g/mol. The lowest BCUT2D eigenvalue weighted by molar-refractivity contribution is 0.102. The number of carbonyl (C=O) groups is 1. The molecule has 19 heavy (non-hydrogen) atoms. The molecule has 1 amide bonds. The van der Waals surface area contributed by atoms with Crippen LogP contribution in [-0.2, 0) is 6.42 Å². The lowest BCUT2D eigenvalue weighted by Gasteiger charge is -2.06. The molecule has 2 aromatic rings. The third kappa shape index (κ3) is 3.29. The molecule has 0 unspecified atom stereocenters. The highest BCUT2D eigenvalue weighted by Gasteiger charge is 2.08. The number of nitrogens with zero attached hydrogens (tertiary/aromatic N) is 2. The van der Waals surface area contributed by atoms with Crippen molar-refractivity contribution in [1.82, 2.24) is 9.97 Å². The third-order valence-electron chi connectivity index (χ3n) is 2.71. The summed E-state index contributed by atoms with van der Waals surface area (Å²) in [4.78, 5) is 20.3. The minimum atomic E-state index is -0.227. The van der Waals surface area contributed by atoms with E-state index in [-0.39, 0.29) is 5.91 Å². The summed E-state index contributed by atoms with van der Waals surface area (Å²) in [7, 11) is 0. The summed E-state index contributed by atoms with van der Waals surface area (Å²) < 4.78 is 0. The Hall–Kier alpha value is -1.94. The molecule has 1 heterocycles. The average molecular weight is 276 g/mol. The zero-order valence-corrected chi connectivity index (χ0v) is 11.5. The van der Waals surface area contributed by atoms with Crippen molar-refractivity contribution in [2.45, 2.75) is 20.3 Å². The van der Waals surface area contributed by atoms with Crippen molar-refractivity contribution in [3.05, 3.63) is 52.6 Å². The van der Waals surface area contributed by atoms with Gasteiger partial charge in [-0.3, -0.25) is 4.79 Å². The fourth-order valence-electron chi connectivity index (χ4n) is 1.54. The summed E-state index contributed by atoms with van der Waals surface area (Å²) >= 11 is 6.00. The van der Waals surface area contributed by atoms with Crippen LogP contribution in [0.2, 0.25) is 5.02 Å². The van der Waals surface area contributed by atoms with Gasteiger partial charge in [-0.25, -0.2) is 9.97 Å². The Kier molecular flexibility index (Phi) is 4.12. The Morgan fingerprint density at radius 2 is 2.00 bits per heavy atom. The Morgan fingerprint density at radius 1 is 1.32 bits per heavy atom. The highest BCUT2D eigenvalue weighted by molar-refractivity contribution is 6.31. The predicted octanol–water partition coefficient (Wildman–Crippen LogP) is 3.25. The molecule has 0 aliphatic heterocycles. The van der Waals surface area contributed by atoms with Gasteiger partial charge in [-0.1, -0.05) is 24.6 Å². The molecule has 4 nitrogen and oxygen atoms in total. The van der Waals surface area contributed by atoms with Gasteiger partial charge in [0.05, 0.1) is 18.1 Å². The molecule has 1 aromatic carbocycles. The minimum absolute atomic E-state index is 0.227. The highest BCUT2D eigenvalue weighted by atomic mass is 35.5. The van der Waals surface area contributed by atoms with Crippen molar-refractivity contribution >= 4 is 23.2 Å². The van der Waals surface area contributed by atoms with Crippen LogP contribution in [0.25, 0.3) is 0 Å². The largest absolute Gasteiger partial charge is 0.319 e. The molecule has 0 saturated carbocycles. The molecular formula is C14H14ClN3O. The van der Waals surface area contributed by atoms with Crippen molar-refractivity contribution in [3.63, 3.8) is 0 Å². The van der Waals surface area contributed by atoms with E-state index in [0.29, 0.717) is 16.3 Å². The average Bonchev–Trinajstić information content (AvgIpc) is 2.42. The van der Waals surface area contributed by atoms with Gasteiger partial charge in [-0.15, -0.1) is 0 Å². The topological polar surface area (TPSA) is 54.9 Å². The normalized spacial score (nSPS) is 10.3. The van der Waals surface area contributed by atoms with Crippen molar-refractivity contribution in [1.29, 1.82) is 0 Å². The fourth-order valence-corrected chi connectivity index (χ4v) is 1.72. The minimum Gasteiger partial charge on any atom is -0.319 e. The zero-order valence-electron chi connectivity index (χ0n) is 10.8. The number of aryl methyl sites for hydroxylation is 2. The van der Waals surface area contributed by atoms with Gasteiger partial charge in [0.1, 0.15) is 5.82 Å². The van der Waals surface area contributed by atoms with Crippen LogP contribution in [0.3, 0.4) is 0 Å². The van der Waals surface area contributed by atoms with E-state index < -0.39 is 0 Å². The first kappa shape index (κ1) is 13.5. The third-order valence-corrected chi connectivity index (χ3v) is 3.12. The standard InChI is InChI=1S/C14H14ClN3O/c1-3-13-16-7-11(8-17-13)18-14(19)10-5-4-9(2)12(15)6-10/h4-8H,3H2,1-2H3,(H,18,19). The molecule has 0 bridgehead atoms. The Labute approximate surface area is 116 Å². The number of rotatable bonds is 3. The molecule has 0 atom stereocenters. The highest BCUT2D eigenvalue weighted by Crippen LogP contribution is 2.17. The van der Waals surface area contributed by atoms with Crippen LogP contribution in [0.4, 0.5) is 5.69 Å². The number of hydrogen-bond acceptors (Lipinski definition) is 3. The quantitative estimate of drug-likeness (QED) is 0.935. The summed E-state index contributed by atoms with van der Waals surface area (Å²) in [6.45, 7) is 3.86. The molecule has 0 fully saturated rings. The molecule has 0 saturated heterocycles. The van der Waals surface area contributed by atoms with Gasteiger partial charge in [-0.2, -0.15) is 0 Å². The van der Waals surface area contributed by atoms with Gasteiger partial charge in [0.15, 0.2) is 0 Å². The number of hydrogen-bond donors (Lipinski definition) is 1. The first-order valence-electron chi connectivity index (χ1n) is 5.98. The molecule has 0 radical (unpaired) electrons. The number of benzene rings is 1. The van der Waals surface area contributed by atoms with Crippen LogP contribution in [0.1, 0.15) is 28.7 Å². The van der Waals surface area contributed by atoms with E-state index in [0.717, 1.165) is 17.8 Å². The first-order chi connectivity index (χ1) is 9.10. The number of halogens is 1. The molecular weight excluding hydrogens is 262 g/mol. The van der Waals surface area contributed by atoms with E-state index >= 15 is 0 Å². The first-order valence-corrected chi connectivity index (χ1v) is 6.36. The molecule has 98 valence electrons. The zero-order chi connectivity index (χ0) is 13.8. The van der Waals surface area contributed by atoms with Crippen LogP contribution in [0, 0.1) is 6.92 Å². The summed E-state index contributed by atoms with van der Waals surface area (Å²) in [5.74, 6) is 0.520. The summed E-state index contributed by atoms with van der Waals surface area (Å²) in [6.07, 6.45) is 3.96. The SMILES string of the molecule is CCc1ncc(NC(=O)c2ccc(C)c(Cl)c2)cn1. The van der Waals surface area contributed by atoms with Crippen LogP contribution >= 0.6 is 11.6 Å². The molecule has 1 aromatic heterocycles. The fraction of sp³-hybridized carbons (Fsp3) is 0.214. The summed E-state index contributed by atoms with van der Waals surface area (Å²) in [6, 6.07) is 5.19. The Bertz CT molecular complexity index is 596. The van der Waals surface area contributed by atoms with Crippen molar-refractivity contribution in [2.75, 3.05) is 5.32 Å². The second kappa shape index (κ2) is 5.80. The van der Waals surface area contributed by atoms with Crippen molar-refractivity contribution < 1.29 is 4.79 Å². The van der Waals surface area contributed by atoms with E-state index in [1.807, 2.05) is 19.9 Å². The summed E-state index contributed by atoms with van der Waals surface area (Å²) in [5.41, 5.74) is 2.02. The van der Waals surface area contributed by atoms with Crippen LogP contribution in [0.5, 0.6) is 0 Å². The number of anilines is 1.